The van der Waals surface area contributed by atoms with Gasteiger partial charge in [-0.2, -0.15) is 0 Å². The maximum Gasteiger partial charge on any atom is 0.280 e. The number of aryl methyl sites for hydroxylation is 1. The van der Waals surface area contributed by atoms with E-state index in [1.54, 1.807) is 31.4 Å². The van der Waals surface area contributed by atoms with Crippen LogP contribution >= 0.6 is 0 Å². The summed E-state index contributed by atoms with van der Waals surface area (Å²) in [5.74, 6) is 1.02. The molecule has 3 aromatic carbocycles. The summed E-state index contributed by atoms with van der Waals surface area (Å²) in [6.45, 7) is 2.27. The molecule has 0 heterocycles. The van der Waals surface area contributed by atoms with Crippen molar-refractivity contribution < 1.29 is 19.2 Å². The number of allylic oxidation sites excluding steroid dienone is 1. The van der Waals surface area contributed by atoms with E-state index in [0.29, 0.717) is 12.4 Å². The highest BCUT2D eigenvalue weighted by molar-refractivity contribution is 6.09. The van der Waals surface area contributed by atoms with Gasteiger partial charge in [-0.15, -0.1) is 0 Å². The van der Waals surface area contributed by atoms with Crippen LogP contribution in [0.5, 0.6) is 11.5 Å². The minimum Gasteiger partial charge on any atom is -0.496 e. The molecule has 0 spiro atoms. The molecule has 3 rings (SSSR count). The monoisotopic (exact) mass is 403 g/mol. The largest absolute Gasteiger partial charge is 0.496 e. The van der Waals surface area contributed by atoms with Crippen LogP contribution in [-0.4, -0.2) is 17.8 Å². The van der Waals surface area contributed by atoms with E-state index in [4.69, 9.17) is 9.47 Å². The van der Waals surface area contributed by atoms with E-state index < -0.39 is 10.7 Å². The van der Waals surface area contributed by atoms with Gasteiger partial charge in [-0.3, -0.25) is 14.9 Å². The summed E-state index contributed by atoms with van der Waals surface area (Å²) in [6, 6.07) is 19.1. The van der Waals surface area contributed by atoms with Gasteiger partial charge in [0.15, 0.2) is 5.78 Å². The summed E-state index contributed by atoms with van der Waals surface area (Å²) < 4.78 is 11.3. The third-order valence-corrected chi connectivity index (χ3v) is 4.57. The van der Waals surface area contributed by atoms with E-state index in [9.17, 15) is 14.9 Å². The van der Waals surface area contributed by atoms with Crippen LogP contribution in [0.2, 0.25) is 0 Å². The highest BCUT2D eigenvalue weighted by atomic mass is 16.6. The fourth-order valence-corrected chi connectivity index (χ4v) is 2.99. The second-order valence-electron chi connectivity index (χ2n) is 6.60. The minimum absolute atomic E-state index is 0.0513. The SMILES string of the molecule is COc1ccc(/C=C/C(=O)c2ccccc2[N+](=O)[O-])cc1COc1ccccc1C. The number of ketones is 1. The number of carbonyl (C=O) groups excluding carboxylic acids is 1. The molecule has 0 amide bonds. The Hall–Kier alpha value is -3.93. The first-order valence-electron chi connectivity index (χ1n) is 9.31. The lowest BCUT2D eigenvalue weighted by Crippen LogP contribution is -2.01. The van der Waals surface area contributed by atoms with Crippen molar-refractivity contribution in [3.8, 4) is 11.5 Å². The number of nitrogens with zero attached hydrogens (tertiary/aromatic N) is 1. The summed E-state index contributed by atoms with van der Waals surface area (Å²) >= 11 is 0. The number of hydrogen-bond donors (Lipinski definition) is 0. The zero-order chi connectivity index (χ0) is 21.5. The topological polar surface area (TPSA) is 78.7 Å². The molecule has 0 radical (unpaired) electrons. The third-order valence-electron chi connectivity index (χ3n) is 4.57. The Balaban J connectivity index is 1.80. The molecule has 3 aromatic rings. The van der Waals surface area contributed by atoms with Gasteiger partial charge in [-0.25, -0.2) is 0 Å². The molecule has 0 aromatic heterocycles. The summed E-state index contributed by atoms with van der Waals surface area (Å²) in [5.41, 5.74) is 2.44. The van der Waals surface area contributed by atoms with E-state index in [0.717, 1.165) is 22.4 Å². The van der Waals surface area contributed by atoms with E-state index in [-0.39, 0.29) is 11.3 Å². The van der Waals surface area contributed by atoms with Crippen LogP contribution in [0.25, 0.3) is 6.08 Å². The third kappa shape index (κ3) is 4.91. The Morgan fingerprint density at radius 3 is 2.50 bits per heavy atom. The van der Waals surface area contributed by atoms with E-state index in [2.05, 4.69) is 0 Å². The number of nitro groups is 1. The van der Waals surface area contributed by atoms with Crippen LogP contribution in [0.1, 0.15) is 27.0 Å². The number of hydrogen-bond acceptors (Lipinski definition) is 5. The van der Waals surface area contributed by atoms with Crippen LogP contribution < -0.4 is 9.47 Å². The van der Waals surface area contributed by atoms with Crippen molar-refractivity contribution in [2.75, 3.05) is 7.11 Å². The molecule has 0 N–H and O–H groups in total. The molecule has 0 fully saturated rings. The first kappa shape index (κ1) is 20.8. The normalized spacial score (nSPS) is 10.7. The lowest BCUT2D eigenvalue weighted by molar-refractivity contribution is -0.385. The number of rotatable bonds is 8. The maximum atomic E-state index is 12.5. The van der Waals surface area contributed by atoms with Gasteiger partial charge >= 0.3 is 0 Å². The van der Waals surface area contributed by atoms with Crippen molar-refractivity contribution >= 4 is 17.5 Å². The van der Waals surface area contributed by atoms with Gasteiger partial charge in [0.2, 0.25) is 0 Å². The first-order valence-corrected chi connectivity index (χ1v) is 9.31. The van der Waals surface area contributed by atoms with Crippen LogP contribution in [0.15, 0.2) is 72.8 Å². The standard InChI is InChI=1S/C24H21NO5/c1-17-7-3-6-10-23(17)30-16-19-15-18(12-14-24(19)29-2)11-13-22(26)20-8-4-5-9-21(20)25(27)28/h3-15H,16H2,1-2H3/b13-11+. The molecule has 6 nitrogen and oxygen atoms in total. The molecule has 0 aliphatic carbocycles. The van der Waals surface area contributed by atoms with E-state index >= 15 is 0 Å². The molecule has 6 heteroatoms. The van der Waals surface area contributed by atoms with Crippen LogP contribution in [0, 0.1) is 17.0 Å². The molecular formula is C24H21NO5. The van der Waals surface area contributed by atoms with Gasteiger partial charge in [-0.1, -0.05) is 42.5 Å². The van der Waals surface area contributed by atoms with Gasteiger partial charge in [0.25, 0.3) is 5.69 Å². The fraction of sp³-hybridized carbons (Fsp3) is 0.125. The lowest BCUT2D eigenvalue weighted by Gasteiger charge is -2.12. The van der Waals surface area contributed by atoms with Crippen LogP contribution in [-0.2, 0) is 6.61 Å². The summed E-state index contributed by atoms with van der Waals surface area (Å²) in [5, 5.41) is 11.1. The Morgan fingerprint density at radius 2 is 1.77 bits per heavy atom. The van der Waals surface area contributed by atoms with Gasteiger partial charge in [0.1, 0.15) is 18.1 Å². The smallest absolute Gasteiger partial charge is 0.280 e. The van der Waals surface area contributed by atoms with Crippen molar-refractivity contribution in [3.05, 3.63) is 105 Å². The quantitative estimate of drug-likeness (QED) is 0.218. The molecule has 0 saturated heterocycles. The molecule has 0 aliphatic heterocycles. The number of benzene rings is 3. The van der Waals surface area contributed by atoms with E-state index in [1.807, 2.05) is 37.3 Å². The molecule has 0 unspecified atom stereocenters. The molecule has 0 bridgehead atoms. The lowest BCUT2D eigenvalue weighted by atomic mass is 10.1. The maximum absolute atomic E-state index is 12.5. The highest BCUT2D eigenvalue weighted by Gasteiger charge is 2.17. The van der Waals surface area contributed by atoms with Gasteiger partial charge in [0, 0.05) is 11.6 Å². The zero-order valence-corrected chi connectivity index (χ0v) is 16.7. The molecule has 30 heavy (non-hydrogen) atoms. The molecule has 152 valence electrons. The minimum atomic E-state index is -0.560. The number of methoxy groups -OCH3 is 1. The van der Waals surface area contributed by atoms with Gasteiger partial charge < -0.3 is 9.47 Å². The van der Waals surface area contributed by atoms with Crippen molar-refractivity contribution in [3.63, 3.8) is 0 Å². The Morgan fingerprint density at radius 1 is 1.03 bits per heavy atom. The van der Waals surface area contributed by atoms with Crippen LogP contribution in [0.4, 0.5) is 5.69 Å². The molecule has 0 atom stereocenters. The summed E-state index contributed by atoms with van der Waals surface area (Å²) in [7, 11) is 1.58. The Kier molecular flexibility index (Phi) is 6.60. The van der Waals surface area contributed by atoms with Crippen LogP contribution in [0.3, 0.4) is 0 Å². The zero-order valence-electron chi connectivity index (χ0n) is 16.7. The fourth-order valence-electron chi connectivity index (χ4n) is 2.99. The molecular weight excluding hydrogens is 382 g/mol. The van der Waals surface area contributed by atoms with E-state index in [1.165, 1.54) is 24.3 Å². The Bertz CT molecular complexity index is 1100. The van der Waals surface area contributed by atoms with Gasteiger partial charge in [0.05, 0.1) is 17.6 Å². The predicted octanol–water partition coefficient (Wildman–Crippen LogP) is 5.39. The average Bonchev–Trinajstić information content (AvgIpc) is 2.77. The second kappa shape index (κ2) is 9.52. The molecule has 0 aliphatic rings. The van der Waals surface area contributed by atoms with Crippen molar-refractivity contribution in [1.82, 2.24) is 0 Å². The number of para-hydroxylation sites is 2. The van der Waals surface area contributed by atoms with Crippen molar-refractivity contribution in [2.45, 2.75) is 13.5 Å². The number of carbonyl (C=O) groups is 1. The summed E-state index contributed by atoms with van der Waals surface area (Å²) in [6.07, 6.45) is 2.95. The average molecular weight is 403 g/mol. The highest BCUT2D eigenvalue weighted by Crippen LogP contribution is 2.25. The summed E-state index contributed by atoms with van der Waals surface area (Å²) in [4.78, 5) is 23.0. The van der Waals surface area contributed by atoms with Crippen molar-refractivity contribution in [2.24, 2.45) is 0 Å². The Labute approximate surface area is 174 Å². The molecule has 0 saturated carbocycles. The predicted molar refractivity (Wildman–Crippen MR) is 115 cm³/mol. The first-order chi connectivity index (χ1) is 14.5. The number of ether oxygens (including phenoxy) is 2. The van der Waals surface area contributed by atoms with Crippen molar-refractivity contribution in [1.29, 1.82) is 0 Å². The van der Waals surface area contributed by atoms with Gasteiger partial charge in [-0.05, 0) is 48.4 Å². The number of nitro benzene ring substituents is 1. The second-order valence-corrected chi connectivity index (χ2v) is 6.60.